The first kappa shape index (κ1) is 18.8. The molecule has 0 unspecified atom stereocenters. The summed E-state index contributed by atoms with van der Waals surface area (Å²) in [5, 5.41) is 7.35. The van der Waals surface area contributed by atoms with Gasteiger partial charge in [0.2, 0.25) is 5.91 Å². The summed E-state index contributed by atoms with van der Waals surface area (Å²) in [7, 11) is 1.93. The molecule has 1 aromatic carbocycles. The topological polar surface area (TPSA) is 90.0 Å². The van der Waals surface area contributed by atoms with Crippen LogP contribution >= 0.6 is 0 Å². The SMILES string of the molecule is Cc1nc2ncnn2c(C)c1CCC(=O)N[C@H](c1ccccc1)c1nccn1C. The zero-order chi connectivity index (χ0) is 20.4. The molecular formula is C21H23N7O. The highest BCUT2D eigenvalue weighted by Gasteiger charge is 2.21. The Hall–Kier alpha value is -3.55. The van der Waals surface area contributed by atoms with Gasteiger partial charge in [-0.3, -0.25) is 4.79 Å². The van der Waals surface area contributed by atoms with Crippen molar-refractivity contribution in [1.82, 2.24) is 34.4 Å². The molecular weight excluding hydrogens is 366 g/mol. The molecule has 1 amide bonds. The second-order valence-electron chi connectivity index (χ2n) is 7.04. The van der Waals surface area contributed by atoms with Crippen molar-refractivity contribution in [3.63, 3.8) is 0 Å². The quantitative estimate of drug-likeness (QED) is 0.547. The smallest absolute Gasteiger partial charge is 0.252 e. The first-order valence-corrected chi connectivity index (χ1v) is 9.52. The van der Waals surface area contributed by atoms with Gasteiger partial charge in [0.1, 0.15) is 18.2 Å². The van der Waals surface area contributed by atoms with Crippen molar-refractivity contribution in [2.45, 2.75) is 32.7 Å². The molecule has 0 fully saturated rings. The highest BCUT2D eigenvalue weighted by molar-refractivity contribution is 5.77. The van der Waals surface area contributed by atoms with Crippen molar-refractivity contribution >= 4 is 11.7 Å². The predicted octanol–water partition coefficient (Wildman–Crippen LogP) is 2.31. The van der Waals surface area contributed by atoms with Crippen LogP contribution in [0.5, 0.6) is 0 Å². The van der Waals surface area contributed by atoms with Crippen molar-refractivity contribution in [2.24, 2.45) is 7.05 Å². The molecule has 8 nitrogen and oxygen atoms in total. The maximum absolute atomic E-state index is 12.8. The molecule has 29 heavy (non-hydrogen) atoms. The number of nitrogens with one attached hydrogen (secondary N) is 1. The fourth-order valence-electron chi connectivity index (χ4n) is 3.59. The summed E-state index contributed by atoms with van der Waals surface area (Å²) < 4.78 is 3.63. The Labute approximate surface area is 168 Å². The number of benzene rings is 1. The summed E-state index contributed by atoms with van der Waals surface area (Å²) >= 11 is 0. The number of aromatic nitrogens is 6. The number of nitrogens with zero attached hydrogens (tertiary/aromatic N) is 6. The van der Waals surface area contributed by atoms with Gasteiger partial charge in [-0.25, -0.2) is 14.5 Å². The molecule has 0 aliphatic heterocycles. The van der Waals surface area contributed by atoms with E-state index in [9.17, 15) is 4.79 Å². The summed E-state index contributed by atoms with van der Waals surface area (Å²) in [6, 6.07) is 9.57. The minimum Gasteiger partial charge on any atom is -0.342 e. The molecule has 0 aliphatic carbocycles. The van der Waals surface area contributed by atoms with Crippen LogP contribution in [-0.4, -0.2) is 35.0 Å². The van der Waals surface area contributed by atoms with Crippen LogP contribution < -0.4 is 5.32 Å². The monoisotopic (exact) mass is 389 g/mol. The average Bonchev–Trinajstić information content (AvgIpc) is 3.35. The van der Waals surface area contributed by atoms with Crippen molar-refractivity contribution < 1.29 is 4.79 Å². The van der Waals surface area contributed by atoms with Crippen LogP contribution in [0.15, 0.2) is 49.1 Å². The van der Waals surface area contributed by atoms with Gasteiger partial charge < -0.3 is 9.88 Å². The Morgan fingerprint density at radius 1 is 1.17 bits per heavy atom. The van der Waals surface area contributed by atoms with E-state index < -0.39 is 0 Å². The molecule has 0 radical (unpaired) electrons. The zero-order valence-electron chi connectivity index (χ0n) is 16.7. The minimum atomic E-state index is -0.304. The van der Waals surface area contributed by atoms with Crippen LogP contribution in [0.1, 0.15) is 40.8 Å². The van der Waals surface area contributed by atoms with Gasteiger partial charge in [0.05, 0.1) is 0 Å². The molecule has 1 atom stereocenters. The lowest BCUT2D eigenvalue weighted by Crippen LogP contribution is -2.31. The number of carbonyl (C=O) groups is 1. The number of rotatable bonds is 6. The van der Waals surface area contributed by atoms with Crippen LogP contribution in [0.25, 0.3) is 5.78 Å². The number of hydrogen-bond donors (Lipinski definition) is 1. The highest BCUT2D eigenvalue weighted by Crippen LogP contribution is 2.21. The van der Waals surface area contributed by atoms with Crippen molar-refractivity contribution in [2.75, 3.05) is 0 Å². The minimum absolute atomic E-state index is 0.0423. The maximum Gasteiger partial charge on any atom is 0.252 e. The van der Waals surface area contributed by atoms with Gasteiger partial charge in [-0.05, 0) is 31.4 Å². The van der Waals surface area contributed by atoms with Gasteiger partial charge in [-0.1, -0.05) is 30.3 Å². The van der Waals surface area contributed by atoms with E-state index in [1.165, 1.54) is 6.33 Å². The number of imidazole rings is 1. The van der Waals surface area contributed by atoms with Crippen molar-refractivity contribution in [3.05, 3.63) is 77.4 Å². The van der Waals surface area contributed by atoms with E-state index in [0.29, 0.717) is 18.6 Å². The van der Waals surface area contributed by atoms with E-state index in [4.69, 9.17) is 0 Å². The average molecular weight is 389 g/mol. The van der Waals surface area contributed by atoms with Gasteiger partial charge >= 0.3 is 0 Å². The highest BCUT2D eigenvalue weighted by atomic mass is 16.1. The molecule has 0 saturated heterocycles. The lowest BCUT2D eigenvalue weighted by atomic mass is 10.0. The zero-order valence-corrected chi connectivity index (χ0v) is 16.7. The third-order valence-corrected chi connectivity index (χ3v) is 5.15. The first-order valence-electron chi connectivity index (χ1n) is 9.52. The number of fused-ring (bicyclic) bond motifs is 1. The van der Waals surface area contributed by atoms with E-state index in [1.807, 2.05) is 62.0 Å². The maximum atomic E-state index is 12.8. The molecule has 0 aliphatic rings. The molecule has 148 valence electrons. The molecule has 3 heterocycles. The van der Waals surface area contributed by atoms with E-state index in [1.54, 1.807) is 10.7 Å². The second-order valence-corrected chi connectivity index (χ2v) is 7.04. The van der Waals surface area contributed by atoms with Crippen LogP contribution in [0.2, 0.25) is 0 Å². The van der Waals surface area contributed by atoms with Crippen LogP contribution in [0.3, 0.4) is 0 Å². The fourth-order valence-corrected chi connectivity index (χ4v) is 3.59. The van der Waals surface area contributed by atoms with Crippen molar-refractivity contribution in [3.8, 4) is 0 Å². The Balaban J connectivity index is 1.53. The van der Waals surface area contributed by atoms with Crippen LogP contribution in [0, 0.1) is 13.8 Å². The summed E-state index contributed by atoms with van der Waals surface area (Å²) in [5.74, 6) is 1.33. The van der Waals surface area contributed by atoms with Crippen LogP contribution in [-0.2, 0) is 18.3 Å². The van der Waals surface area contributed by atoms with E-state index in [0.717, 1.165) is 28.3 Å². The Bertz CT molecular complexity index is 1150. The summed E-state index contributed by atoms with van der Waals surface area (Å²) in [6.07, 6.45) is 6.03. The fraction of sp³-hybridized carbons (Fsp3) is 0.286. The molecule has 0 saturated carbocycles. The molecule has 8 heteroatoms. The normalized spacial score (nSPS) is 12.2. The first-order chi connectivity index (χ1) is 14.0. The Morgan fingerprint density at radius 3 is 2.69 bits per heavy atom. The van der Waals surface area contributed by atoms with Crippen molar-refractivity contribution in [1.29, 1.82) is 0 Å². The summed E-state index contributed by atoms with van der Waals surface area (Å²) in [6.45, 7) is 3.92. The third-order valence-electron chi connectivity index (χ3n) is 5.15. The predicted molar refractivity (Wildman–Crippen MR) is 108 cm³/mol. The van der Waals surface area contributed by atoms with Gasteiger partial charge in [0.15, 0.2) is 0 Å². The van der Waals surface area contributed by atoms with Gasteiger partial charge in [-0.2, -0.15) is 10.1 Å². The lowest BCUT2D eigenvalue weighted by Gasteiger charge is -2.19. The number of hydrogen-bond acceptors (Lipinski definition) is 5. The standard InChI is InChI=1S/C21H23N7O/c1-14-17(15(2)28-21(25-14)23-13-24-28)9-10-18(29)26-19(16-7-5-4-6-8-16)20-22-11-12-27(20)3/h4-8,11-13,19H,9-10H2,1-3H3,(H,26,29)/t19-/m1/s1. The molecule has 4 rings (SSSR count). The summed E-state index contributed by atoms with van der Waals surface area (Å²) in [4.78, 5) is 25.9. The van der Waals surface area contributed by atoms with E-state index in [2.05, 4.69) is 25.4 Å². The second kappa shape index (κ2) is 7.83. The molecule has 3 aromatic heterocycles. The third kappa shape index (κ3) is 3.73. The van der Waals surface area contributed by atoms with Crippen LogP contribution in [0.4, 0.5) is 0 Å². The Kier molecular flexibility index (Phi) is 5.07. The largest absolute Gasteiger partial charge is 0.342 e. The van der Waals surface area contributed by atoms with Gasteiger partial charge in [0, 0.05) is 37.3 Å². The number of carbonyl (C=O) groups excluding carboxylic acids is 1. The molecule has 0 bridgehead atoms. The number of aryl methyl sites for hydroxylation is 3. The van der Waals surface area contributed by atoms with Gasteiger partial charge in [0.25, 0.3) is 5.78 Å². The van der Waals surface area contributed by atoms with E-state index >= 15 is 0 Å². The number of amides is 1. The lowest BCUT2D eigenvalue weighted by molar-refractivity contribution is -0.121. The molecule has 0 spiro atoms. The Morgan fingerprint density at radius 2 is 1.97 bits per heavy atom. The summed E-state index contributed by atoms with van der Waals surface area (Å²) in [5.41, 5.74) is 3.85. The van der Waals surface area contributed by atoms with Gasteiger partial charge in [-0.15, -0.1) is 0 Å². The molecule has 4 aromatic rings. The van der Waals surface area contributed by atoms with E-state index in [-0.39, 0.29) is 11.9 Å². The molecule has 1 N–H and O–H groups in total.